The molecule has 1 aliphatic rings. The predicted molar refractivity (Wildman–Crippen MR) is 145 cm³/mol. The molecule has 1 saturated carbocycles. The number of benzene rings is 1. The van der Waals surface area contributed by atoms with Crippen LogP contribution in [-0.2, 0) is 21.4 Å². The summed E-state index contributed by atoms with van der Waals surface area (Å²) in [5.74, 6) is -0.376. The Morgan fingerprint density at radius 2 is 1.92 bits per heavy atom. The van der Waals surface area contributed by atoms with Gasteiger partial charge in [-0.05, 0) is 44.6 Å². The van der Waals surface area contributed by atoms with Gasteiger partial charge in [0, 0.05) is 30.6 Å². The Hall–Kier alpha value is -2.81. The Morgan fingerprint density at radius 3 is 2.54 bits per heavy atom. The molecule has 0 saturated heterocycles. The fraction of sp³-hybridized carbons (Fsp3) is 0.571. The molecule has 1 heterocycles. The van der Waals surface area contributed by atoms with Crippen molar-refractivity contribution in [3.63, 3.8) is 0 Å². The first-order valence-corrected chi connectivity index (χ1v) is 14.3. The van der Waals surface area contributed by atoms with Gasteiger partial charge in [0.2, 0.25) is 5.78 Å². The molecule has 0 unspecified atom stereocenters. The fourth-order valence-corrected chi connectivity index (χ4v) is 5.45. The first-order valence-electron chi connectivity index (χ1n) is 13.3. The lowest BCUT2D eigenvalue weighted by atomic mass is 9.67. The van der Waals surface area contributed by atoms with Gasteiger partial charge in [-0.2, -0.15) is 0 Å². The van der Waals surface area contributed by atoms with Crippen molar-refractivity contribution in [1.82, 2.24) is 20.2 Å². The Balaban J connectivity index is 1.47. The third-order valence-electron chi connectivity index (χ3n) is 7.11. The maximum absolute atomic E-state index is 12.9. The second kappa shape index (κ2) is 14.2. The maximum Gasteiger partial charge on any atom is 0.407 e. The number of hydrogen-bond acceptors (Lipinski definition) is 6. The van der Waals surface area contributed by atoms with Crippen LogP contribution in [-0.4, -0.2) is 45.7 Å². The molecule has 1 fully saturated rings. The number of carbonyl (C=O) groups is 3. The molecule has 8 nitrogen and oxygen atoms in total. The molecular weight excluding hydrogens is 488 g/mol. The number of alkyl carbamates (subject to hydrolysis) is 1. The lowest BCUT2D eigenvalue weighted by molar-refractivity contribution is -0.139. The minimum Gasteiger partial charge on any atom is -0.449 e. The molecule has 3 rings (SSSR count). The van der Waals surface area contributed by atoms with Crippen LogP contribution in [0.4, 0.5) is 4.79 Å². The van der Waals surface area contributed by atoms with Crippen LogP contribution in [0.5, 0.6) is 0 Å². The normalized spacial score (nSPS) is 15.8. The SMILES string of the molecule is CCCC[C@H](NC(=O)OCC1(CCCSc2nccn2C)CCC1)C(=O)C(=O)N[C@H](C)c1ccccc1. The number of ether oxygens (including phenoxy) is 1. The number of Topliss-reactive ketones (excluding diaryl/α,β-unsaturated/α-hetero) is 1. The fourth-order valence-electron chi connectivity index (χ4n) is 4.58. The molecule has 0 spiro atoms. The second-order valence-corrected chi connectivity index (χ2v) is 11.1. The Kier molecular flexibility index (Phi) is 11.0. The molecule has 0 radical (unpaired) electrons. The van der Waals surface area contributed by atoms with E-state index in [-0.39, 0.29) is 11.5 Å². The van der Waals surface area contributed by atoms with Crippen LogP contribution in [0.2, 0.25) is 0 Å². The molecule has 1 aliphatic carbocycles. The number of amides is 2. The van der Waals surface area contributed by atoms with Gasteiger partial charge in [-0.1, -0.05) is 68.3 Å². The van der Waals surface area contributed by atoms with Gasteiger partial charge in [0.1, 0.15) is 6.04 Å². The van der Waals surface area contributed by atoms with E-state index in [1.807, 2.05) is 62.0 Å². The van der Waals surface area contributed by atoms with E-state index in [0.717, 1.165) is 61.4 Å². The van der Waals surface area contributed by atoms with Gasteiger partial charge >= 0.3 is 6.09 Å². The molecular formula is C28H40N4O4S. The van der Waals surface area contributed by atoms with Crippen LogP contribution in [0.25, 0.3) is 0 Å². The Morgan fingerprint density at radius 1 is 1.16 bits per heavy atom. The highest BCUT2D eigenvalue weighted by molar-refractivity contribution is 7.99. The van der Waals surface area contributed by atoms with Crippen LogP contribution in [0, 0.1) is 5.41 Å². The molecule has 37 heavy (non-hydrogen) atoms. The van der Waals surface area contributed by atoms with Gasteiger partial charge in [0.25, 0.3) is 5.91 Å². The number of rotatable bonds is 15. The summed E-state index contributed by atoms with van der Waals surface area (Å²) in [6, 6.07) is 8.24. The average molecular weight is 529 g/mol. The summed E-state index contributed by atoms with van der Waals surface area (Å²) < 4.78 is 7.61. The highest BCUT2D eigenvalue weighted by Crippen LogP contribution is 2.45. The number of carbonyl (C=O) groups excluding carboxylic acids is 3. The zero-order valence-corrected chi connectivity index (χ0v) is 23.0. The monoisotopic (exact) mass is 528 g/mol. The van der Waals surface area contributed by atoms with Crippen molar-refractivity contribution in [1.29, 1.82) is 0 Å². The van der Waals surface area contributed by atoms with Crippen LogP contribution >= 0.6 is 11.8 Å². The lowest BCUT2D eigenvalue weighted by Gasteiger charge is -2.41. The third kappa shape index (κ3) is 8.62. The number of nitrogens with one attached hydrogen (secondary N) is 2. The summed E-state index contributed by atoms with van der Waals surface area (Å²) >= 11 is 1.73. The minimum atomic E-state index is -0.901. The molecule has 202 valence electrons. The van der Waals surface area contributed by atoms with Gasteiger partial charge in [0.05, 0.1) is 12.6 Å². The van der Waals surface area contributed by atoms with E-state index < -0.39 is 23.8 Å². The van der Waals surface area contributed by atoms with E-state index in [1.165, 1.54) is 0 Å². The largest absolute Gasteiger partial charge is 0.449 e. The zero-order valence-electron chi connectivity index (χ0n) is 22.2. The van der Waals surface area contributed by atoms with Crippen molar-refractivity contribution in [2.75, 3.05) is 12.4 Å². The topological polar surface area (TPSA) is 102 Å². The first kappa shape index (κ1) is 28.8. The smallest absolute Gasteiger partial charge is 0.407 e. The maximum atomic E-state index is 12.9. The van der Waals surface area contributed by atoms with E-state index in [1.54, 1.807) is 18.0 Å². The van der Waals surface area contributed by atoms with Crippen LogP contribution in [0.1, 0.15) is 76.8 Å². The third-order valence-corrected chi connectivity index (χ3v) is 8.25. The summed E-state index contributed by atoms with van der Waals surface area (Å²) in [6.45, 7) is 4.16. The number of aryl methyl sites for hydroxylation is 1. The van der Waals surface area contributed by atoms with Crippen LogP contribution < -0.4 is 10.6 Å². The molecule has 0 bridgehead atoms. The number of nitrogens with zero attached hydrogens (tertiary/aromatic N) is 2. The quantitative estimate of drug-likeness (QED) is 0.187. The van der Waals surface area contributed by atoms with Crippen molar-refractivity contribution in [3.05, 3.63) is 48.3 Å². The highest BCUT2D eigenvalue weighted by Gasteiger charge is 2.38. The zero-order chi connectivity index (χ0) is 26.7. The second-order valence-electron chi connectivity index (χ2n) is 10.0. The predicted octanol–water partition coefficient (Wildman–Crippen LogP) is 5.19. The Labute approximate surface area is 224 Å². The first-order chi connectivity index (χ1) is 17.8. The van der Waals surface area contributed by atoms with Crippen molar-refractivity contribution in [2.24, 2.45) is 12.5 Å². The van der Waals surface area contributed by atoms with Gasteiger partial charge in [-0.15, -0.1) is 0 Å². The summed E-state index contributed by atoms with van der Waals surface area (Å²) in [5, 5.41) is 6.43. The van der Waals surface area contributed by atoms with Crippen LogP contribution in [0.15, 0.2) is 47.9 Å². The summed E-state index contributed by atoms with van der Waals surface area (Å²) in [5.41, 5.74) is 0.913. The molecule has 0 aliphatic heterocycles. The number of imidazole rings is 1. The van der Waals surface area contributed by atoms with Crippen molar-refractivity contribution in [3.8, 4) is 0 Å². The van der Waals surface area contributed by atoms with E-state index in [4.69, 9.17) is 4.74 Å². The molecule has 1 aromatic carbocycles. The number of ketones is 1. The number of aromatic nitrogens is 2. The summed E-state index contributed by atoms with van der Waals surface area (Å²) in [7, 11) is 1.99. The van der Waals surface area contributed by atoms with E-state index in [9.17, 15) is 14.4 Å². The molecule has 2 amide bonds. The van der Waals surface area contributed by atoms with Crippen molar-refractivity contribution >= 4 is 29.5 Å². The number of unbranched alkanes of at least 4 members (excludes halogenated alkanes) is 1. The van der Waals surface area contributed by atoms with Gasteiger partial charge in [-0.25, -0.2) is 9.78 Å². The Bertz CT molecular complexity index is 1020. The molecule has 2 aromatic rings. The van der Waals surface area contributed by atoms with Gasteiger partial charge < -0.3 is 19.9 Å². The number of hydrogen-bond donors (Lipinski definition) is 2. The molecule has 2 atom stereocenters. The van der Waals surface area contributed by atoms with Crippen LogP contribution in [0.3, 0.4) is 0 Å². The van der Waals surface area contributed by atoms with Gasteiger partial charge in [-0.3, -0.25) is 9.59 Å². The average Bonchev–Trinajstić information content (AvgIpc) is 3.29. The van der Waals surface area contributed by atoms with Crippen molar-refractivity contribution < 1.29 is 19.1 Å². The van der Waals surface area contributed by atoms with E-state index in [0.29, 0.717) is 13.0 Å². The number of thioether (sulfide) groups is 1. The van der Waals surface area contributed by atoms with E-state index >= 15 is 0 Å². The highest BCUT2D eigenvalue weighted by atomic mass is 32.2. The lowest BCUT2D eigenvalue weighted by Crippen LogP contribution is -2.48. The minimum absolute atomic E-state index is 0.00491. The van der Waals surface area contributed by atoms with Crippen molar-refractivity contribution in [2.45, 2.75) is 82.5 Å². The van der Waals surface area contributed by atoms with E-state index in [2.05, 4.69) is 15.6 Å². The summed E-state index contributed by atoms with van der Waals surface area (Å²) in [4.78, 5) is 42.6. The molecule has 9 heteroatoms. The molecule has 2 N–H and O–H groups in total. The van der Waals surface area contributed by atoms with Gasteiger partial charge in [0.15, 0.2) is 5.16 Å². The molecule has 1 aromatic heterocycles. The standard InChI is InChI=1S/C28H40N4O4S/c1-4-5-13-23(24(33)25(34)30-21(2)22-11-7-6-8-12-22)31-27(35)36-20-28(14-9-15-28)16-10-19-37-26-29-17-18-32(26)3/h6-8,11-12,17-18,21,23H,4-5,9-10,13-16,19-20H2,1-3H3,(H,30,34)(H,31,35)/t21-,23+/m1/s1. The summed E-state index contributed by atoms with van der Waals surface area (Å²) in [6.07, 6.45) is 10.3.